The van der Waals surface area contributed by atoms with Crippen LogP contribution in [0.25, 0.3) is 0 Å². The lowest BCUT2D eigenvalue weighted by Gasteiger charge is -2.34. The summed E-state index contributed by atoms with van der Waals surface area (Å²) in [6.07, 6.45) is 0.724. The SMILES string of the molecule is CCN(c1ccccc1)S(=O)(=O)N1CCC(C(=O)O)CC1. The van der Waals surface area contributed by atoms with E-state index in [-0.39, 0.29) is 13.1 Å². The Balaban J connectivity index is 2.16. The second-order valence-electron chi connectivity index (χ2n) is 5.02. The van der Waals surface area contributed by atoms with Crippen LogP contribution in [0.3, 0.4) is 0 Å². The van der Waals surface area contributed by atoms with Crippen molar-refractivity contribution < 1.29 is 18.3 Å². The van der Waals surface area contributed by atoms with E-state index in [1.54, 1.807) is 31.2 Å². The molecule has 1 aromatic rings. The second-order valence-corrected chi connectivity index (χ2v) is 6.87. The van der Waals surface area contributed by atoms with Gasteiger partial charge in [0.15, 0.2) is 0 Å². The Hall–Kier alpha value is -1.60. The van der Waals surface area contributed by atoms with E-state index in [4.69, 9.17) is 5.11 Å². The van der Waals surface area contributed by atoms with Crippen LogP contribution in [0.1, 0.15) is 19.8 Å². The van der Waals surface area contributed by atoms with Gasteiger partial charge in [0.25, 0.3) is 0 Å². The van der Waals surface area contributed by atoms with Crippen molar-refractivity contribution in [3.05, 3.63) is 30.3 Å². The second kappa shape index (κ2) is 6.44. The van der Waals surface area contributed by atoms with Crippen LogP contribution in [0.4, 0.5) is 5.69 Å². The van der Waals surface area contributed by atoms with Crippen molar-refractivity contribution in [2.75, 3.05) is 23.9 Å². The maximum atomic E-state index is 12.7. The lowest BCUT2D eigenvalue weighted by atomic mass is 9.99. The molecule has 116 valence electrons. The molecule has 0 radical (unpaired) electrons. The number of anilines is 1. The Labute approximate surface area is 125 Å². The Kier molecular flexibility index (Phi) is 4.84. The summed E-state index contributed by atoms with van der Waals surface area (Å²) >= 11 is 0. The highest BCUT2D eigenvalue weighted by Gasteiger charge is 2.34. The highest BCUT2D eigenvalue weighted by Crippen LogP contribution is 2.25. The van der Waals surface area contributed by atoms with Gasteiger partial charge in [0, 0.05) is 19.6 Å². The van der Waals surface area contributed by atoms with Crippen LogP contribution in [-0.2, 0) is 15.0 Å². The van der Waals surface area contributed by atoms with Gasteiger partial charge in [-0.15, -0.1) is 0 Å². The third kappa shape index (κ3) is 3.36. The van der Waals surface area contributed by atoms with E-state index in [9.17, 15) is 13.2 Å². The minimum Gasteiger partial charge on any atom is -0.481 e. The minimum atomic E-state index is -3.60. The fourth-order valence-electron chi connectivity index (χ4n) is 2.55. The van der Waals surface area contributed by atoms with E-state index < -0.39 is 22.1 Å². The molecule has 1 fully saturated rings. The van der Waals surface area contributed by atoms with E-state index in [0.717, 1.165) is 0 Å². The summed E-state index contributed by atoms with van der Waals surface area (Å²) in [7, 11) is -3.60. The van der Waals surface area contributed by atoms with Gasteiger partial charge >= 0.3 is 16.2 Å². The lowest BCUT2D eigenvalue weighted by molar-refractivity contribution is -0.142. The largest absolute Gasteiger partial charge is 0.481 e. The first-order valence-corrected chi connectivity index (χ1v) is 8.42. The third-order valence-corrected chi connectivity index (χ3v) is 5.78. The average Bonchev–Trinajstić information content (AvgIpc) is 2.49. The number of carbonyl (C=O) groups is 1. The monoisotopic (exact) mass is 312 g/mol. The number of carboxylic acid groups (broad SMARTS) is 1. The zero-order chi connectivity index (χ0) is 15.5. The Bertz CT molecular complexity index is 580. The van der Waals surface area contributed by atoms with Crippen molar-refractivity contribution in [2.45, 2.75) is 19.8 Å². The van der Waals surface area contributed by atoms with Gasteiger partial charge in [0.1, 0.15) is 0 Å². The zero-order valence-corrected chi connectivity index (χ0v) is 12.8. The molecule has 1 heterocycles. The van der Waals surface area contributed by atoms with E-state index in [0.29, 0.717) is 25.1 Å². The zero-order valence-electron chi connectivity index (χ0n) is 12.0. The van der Waals surface area contributed by atoms with Gasteiger partial charge in [-0.25, -0.2) is 0 Å². The molecule has 0 spiro atoms. The van der Waals surface area contributed by atoms with Crippen LogP contribution in [-0.4, -0.2) is 43.4 Å². The van der Waals surface area contributed by atoms with Crippen LogP contribution in [0.2, 0.25) is 0 Å². The molecule has 1 N–H and O–H groups in total. The molecule has 1 aliphatic rings. The standard InChI is InChI=1S/C14H20N2O4S/c1-2-16(13-6-4-3-5-7-13)21(19,20)15-10-8-12(9-11-15)14(17)18/h3-7,12H,2,8-11H2,1H3,(H,17,18). The Morgan fingerprint density at radius 3 is 2.33 bits per heavy atom. The van der Waals surface area contributed by atoms with E-state index in [1.165, 1.54) is 8.61 Å². The number of nitrogens with zero attached hydrogens (tertiary/aromatic N) is 2. The van der Waals surface area contributed by atoms with Crippen molar-refractivity contribution in [1.82, 2.24) is 4.31 Å². The molecule has 0 bridgehead atoms. The average molecular weight is 312 g/mol. The predicted molar refractivity (Wildman–Crippen MR) is 80.3 cm³/mol. The quantitative estimate of drug-likeness (QED) is 0.895. The van der Waals surface area contributed by atoms with Crippen molar-refractivity contribution in [2.24, 2.45) is 5.92 Å². The first kappa shape index (κ1) is 15.8. The summed E-state index contributed by atoms with van der Waals surface area (Å²) in [6.45, 7) is 2.63. The van der Waals surface area contributed by atoms with Crippen LogP contribution < -0.4 is 4.31 Å². The number of benzene rings is 1. The van der Waals surface area contributed by atoms with Crippen LogP contribution >= 0.6 is 0 Å². The molecule has 0 aliphatic carbocycles. The molecule has 1 aliphatic heterocycles. The summed E-state index contributed by atoms with van der Waals surface area (Å²) < 4.78 is 28.1. The molecule has 7 heteroatoms. The van der Waals surface area contributed by atoms with Gasteiger partial charge in [-0.1, -0.05) is 18.2 Å². The van der Waals surface area contributed by atoms with Crippen molar-refractivity contribution >= 4 is 21.9 Å². The number of carboxylic acids is 1. The number of hydrogen-bond acceptors (Lipinski definition) is 3. The highest BCUT2D eigenvalue weighted by atomic mass is 32.2. The fraction of sp³-hybridized carbons (Fsp3) is 0.500. The molecule has 1 saturated heterocycles. The Morgan fingerprint density at radius 1 is 1.29 bits per heavy atom. The highest BCUT2D eigenvalue weighted by molar-refractivity contribution is 7.90. The van der Waals surface area contributed by atoms with Crippen LogP contribution in [0.5, 0.6) is 0 Å². The number of aliphatic carboxylic acids is 1. The normalized spacial score (nSPS) is 17.6. The van der Waals surface area contributed by atoms with Gasteiger partial charge in [-0.3, -0.25) is 9.10 Å². The predicted octanol–water partition coefficient (Wildman–Crippen LogP) is 1.55. The molecule has 0 atom stereocenters. The van der Waals surface area contributed by atoms with Crippen molar-refractivity contribution in [1.29, 1.82) is 0 Å². The number of hydrogen-bond donors (Lipinski definition) is 1. The van der Waals surface area contributed by atoms with Crippen LogP contribution in [0.15, 0.2) is 30.3 Å². The number of rotatable bonds is 5. The van der Waals surface area contributed by atoms with Gasteiger partial charge in [-0.2, -0.15) is 12.7 Å². The van der Waals surface area contributed by atoms with Gasteiger partial charge < -0.3 is 5.11 Å². The molecular weight excluding hydrogens is 292 g/mol. The first-order valence-electron chi connectivity index (χ1n) is 7.02. The summed E-state index contributed by atoms with van der Waals surface area (Å²) in [4.78, 5) is 10.9. The number of para-hydroxylation sites is 1. The van der Waals surface area contributed by atoms with E-state index in [2.05, 4.69) is 0 Å². The summed E-state index contributed by atoms with van der Waals surface area (Å²) in [5, 5.41) is 8.98. The maximum absolute atomic E-state index is 12.7. The summed E-state index contributed by atoms with van der Waals surface area (Å²) in [5.41, 5.74) is 0.625. The Morgan fingerprint density at radius 2 is 1.86 bits per heavy atom. The van der Waals surface area contributed by atoms with E-state index >= 15 is 0 Å². The molecular formula is C14H20N2O4S. The smallest absolute Gasteiger partial charge is 0.306 e. The maximum Gasteiger partial charge on any atom is 0.306 e. The minimum absolute atomic E-state index is 0.253. The fourth-order valence-corrected chi connectivity index (χ4v) is 4.21. The topological polar surface area (TPSA) is 77.9 Å². The van der Waals surface area contributed by atoms with E-state index in [1.807, 2.05) is 6.07 Å². The molecule has 0 saturated carbocycles. The van der Waals surface area contributed by atoms with Gasteiger partial charge in [0.2, 0.25) is 0 Å². The molecule has 0 amide bonds. The molecule has 1 aromatic carbocycles. The summed E-state index contributed by atoms with van der Waals surface area (Å²) in [5.74, 6) is -1.29. The number of piperidine rings is 1. The molecule has 2 rings (SSSR count). The molecule has 0 unspecified atom stereocenters. The lowest BCUT2D eigenvalue weighted by Crippen LogP contribution is -2.48. The van der Waals surface area contributed by atoms with Gasteiger partial charge in [0.05, 0.1) is 11.6 Å². The molecule has 21 heavy (non-hydrogen) atoms. The first-order chi connectivity index (χ1) is 9.96. The van der Waals surface area contributed by atoms with Gasteiger partial charge in [-0.05, 0) is 31.9 Å². The van der Waals surface area contributed by atoms with Crippen molar-refractivity contribution in [3.8, 4) is 0 Å². The molecule has 6 nitrogen and oxygen atoms in total. The van der Waals surface area contributed by atoms with Crippen molar-refractivity contribution in [3.63, 3.8) is 0 Å². The molecule has 0 aromatic heterocycles. The van der Waals surface area contributed by atoms with Crippen LogP contribution in [0, 0.1) is 5.92 Å². The third-order valence-electron chi connectivity index (χ3n) is 3.74. The summed E-state index contributed by atoms with van der Waals surface area (Å²) in [6, 6.07) is 8.94.